The fourth-order valence-corrected chi connectivity index (χ4v) is 9.28. The fourth-order valence-electron chi connectivity index (χ4n) is 4.94. The van der Waals surface area contributed by atoms with Crippen LogP contribution in [-0.4, -0.2) is 106 Å². The number of nitrogens with one attached hydrogen (secondary N) is 2. The number of nitrogen functional groups attached to an aromatic ring is 1. The van der Waals surface area contributed by atoms with E-state index in [0.29, 0.717) is 6.07 Å². The van der Waals surface area contributed by atoms with Crippen molar-refractivity contribution in [3.63, 3.8) is 0 Å². The van der Waals surface area contributed by atoms with E-state index in [1.54, 1.807) is 0 Å². The minimum absolute atomic E-state index is 0.0128. The molecule has 4 aromatic carbocycles. The van der Waals surface area contributed by atoms with E-state index in [9.17, 15) is 64.4 Å². The van der Waals surface area contributed by atoms with Crippen LogP contribution >= 0.6 is 0 Å². The molecular weight excluding hydrogens is 995 g/mol. The van der Waals surface area contributed by atoms with Gasteiger partial charge in [-0.15, -0.1) is 25.6 Å². The van der Waals surface area contributed by atoms with E-state index in [2.05, 4.69) is 49.7 Å². The fraction of sp³-hybridized carbons (Fsp3) is 0.194. The maximum Gasteiger partial charge on any atom is 0.397 e. The number of azo groups is 3. The Hall–Kier alpha value is -5.79. The standard InChI is InChI=1S/C31H33N9O19S6/c1-18(41)34-26-16-29(31(63(49,50)51)17-28(26)38-35-19-3-5-20(6-4-19)60(42,43)11-9-58-64(52,53)54)40-39-27-15-24(22(32)14-25(27)33-2)37-36-23-8-7-21(13-30(23)62(46,47)48)61(44,45)12-10-59-65(55,56)57/h3-8,13-17,33H,9-12,32H2,1-2H3,(H,34,41)(H,46,47,48)(H,49,50,51)(H,52,53,54)(H,55,56,57). The molecule has 1 amide bonds. The van der Waals surface area contributed by atoms with Crippen LogP contribution < -0.4 is 16.4 Å². The first-order valence-electron chi connectivity index (χ1n) is 17.1. The molecule has 0 aliphatic rings. The Labute approximate surface area is 370 Å². The number of carbonyl (C=O) groups excluding carboxylic acids is 1. The Morgan fingerprint density at radius 2 is 1.02 bits per heavy atom. The molecule has 0 aromatic heterocycles. The minimum atomic E-state index is -5.21. The number of amides is 1. The van der Waals surface area contributed by atoms with Crippen molar-refractivity contribution in [3.8, 4) is 0 Å². The van der Waals surface area contributed by atoms with Gasteiger partial charge < -0.3 is 16.4 Å². The summed E-state index contributed by atoms with van der Waals surface area (Å²) < 4.78 is 188. The van der Waals surface area contributed by atoms with Gasteiger partial charge in [-0.05, 0) is 66.7 Å². The monoisotopic (exact) mass is 1030 g/mol. The van der Waals surface area contributed by atoms with E-state index < -0.39 is 117 Å². The lowest BCUT2D eigenvalue weighted by Crippen LogP contribution is -2.16. The third-order valence-electron chi connectivity index (χ3n) is 7.82. The highest BCUT2D eigenvalue weighted by atomic mass is 32.3. The molecule has 0 fully saturated rings. The minimum Gasteiger partial charge on any atom is -0.397 e. The van der Waals surface area contributed by atoms with Gasteiger partial charge in [0, 0.05) is 14.0 Å². The largest absolute Gasteiger partial charge is 0.397 e. The molecule has 65 heavy (non-hydrogen) atoms. The second-order valence-corrected chi connectivity index (χ2v) is 21.7. The number of anilines is 3. The Morgan fingerprint density at radius 3 is 1.54 bits per heavy atom. The third kappa shape index (κ3) is 15.1. The number of hydrogen-bond acceptors (Lipinski definition) is 23. The van der Waals surface area contributed by atoms with Crippen molar-refractivity contribution >= 4 is 118 Å². The van der Waals surface area contributed by atoms with Crippen molar-refractivity contribution in [2.45, 2.75) is 26.5 Å². The lowest BCUT2D eigenvalue weighted by molar-refractivity contribution is -0.114. The number of carbonyl (C=O) groups is 1. The number of sulfone groups is 2. The molecule has 8 N–H and O–H groups in total. The molecule has 0 saturated heterocycles. The van der Waals surface area contributed by atoms with Crippen LogP contribution in [0.4, 0.5) is 51.2 Å². The van der Waals surface area contributed by atoms with Gasteiger partial charge in [-0.1, -0.05) is 0 Å². The molecule has 4 rings (SSSR count). The first-order chi connectivity index (χ1) is 29.9. The summed E-state index contributed by atoms with van der Waals surface area (Å²) in [5.74, 6) is -2.56. The predicted molar refractivity (Wildman–Crippen MR) is 225 cm³/mol. The highest BCUT2D eigenvalue weighted by Gasteiger charge is 2.24. The highest BCUT2D eigenvalue weighted by molar-refractivity contribution is 7.92. The van der Waals surface area contributed by atoms with Crippen molar-refractivity contribution in [3.05, 3.63) is 66.7 Å². The maximum atomic E-state index is 12.7. The topological polar surface area (TPSA) is 446 Å². The molecule has 0 aliphatic carbocycles. The summed E-state index contributed by atoms with van der Waals surface area (Å²) in [7, 11) is -27.4. The molecule has 4 aromatic rings. The Kier molecular flexibility index (Phi) is 16.1. The van der Waals surface area contributed by atoms with Crippen molar-refractivity contribution < 1.29 is 81.9 Å². The number of benzene rings is 4. The van der Waals surface area contributed by atoms with Gasteiger partial charge in [0.2, 0.25) is 5.91 Å². The van der Waals surface area contributed by atoms with E-state index in [1.807, 2.05) is 0 Å². The molecule has 0 spiro atoms. The van der Waals surface area contributed by atoms with Crippen LogP contribution in [0.25, 0.3) is 0 Å². The molecule has 0 saturated carbocycles. The third-order valence-corrected chi connectivity index (χ3v) is 13.9. The van der Waals surface area contributed by atoms with E-state index in [4.69, 9.17) is 14.8 Å². The second-order valence-electron chi connectivity index (χ2n) is 12.5. The van der Waals surface area contributed by atoms with Gasteiger partial charge >= 0.3 is 20.8 Å². The smallest absolute Gasteiger partial charge is 0.397 e. The van der Waals surface area contributed by atoms with Crippen LogP contribution in [0.1, 0.15) is 6.92 Å². The summed E-state index contributed by atoms with van der Waals surface area (Å²) in [5, 5.41) is 28.5. The molecule has 34 heteroatoms. The van der Waals surface area contributed by atoms with Crippen molar-refractivity contribution in [1.82, 2.24) is 0 Å². The van der Waals surface area contributed by atoms with E-state index >= 15 is 0 Å². The van der Waals surface area contributed by atoms with Gasteiger partial charge in [0.15, 0.2) is 19.7 Å². The summed E-state index contributed by atoms with van der Waals surface area (Å²) in [6, 6.07) is 10.7. The highest BCUT2D eigenvalue weighted by Crippen LogP contribution is 2.41. The molecular formula is C31H33N9O19S6. The van der Waals surface area contributed by atoms with Crippen LogP contribution in [0.2, 0.25) is 0 Å². The molecule has 0 atom stereocenters. The lowest BCUT2D eigenvalue weighted by atomic mass is 10.2. The predicted octanol–water partition coefficient (Wildman–Crippen LogP) is 4.19. The lowest BCUT2D eigenvalue weighted by Gasteiger charge is -2.11. The molecule has 0 unspecified atom stereocenters. The molecule has 28 nitrogen and oxygen atoms in total. The molecule has 0 radical (unpaired) electrons. The van der Waals surface area contributed by atoms with Crippen LogP contribution in [0.5, 0.6) is 0 Å². The van der Waals surface area contributed by atoms with Gasteiger partial charge in [-0.2, -0.15) is 38.8 Å². The normalized spacial score (nSPS) is 13.2. The molecule has 0 aliphatic heterocycles. The van der Waals surface area contributed by atoms with Gasteiger partial charge in [0.25, 0.3) is 20.2 Å². The molecule has 352 valence electrons. The van der Waals surface area contributed by atoms with Crippen LogP contribution in [-0.2, 0) is 73.9 Å². The Balaban J connectivity index is 1.72. The summed E-state index contributed by atoms with van der Waals surface area (Å²) in [5.41, 5.74) is 3.89. The Bertz CT molecular complexity index is 3290. The summed E-state index contributed by atoms with van der Waals surface area (Å²) in [4.78, 5) is 9.14. The number of nitrogens with zero attached hydrogens (tertiary/aromatic N) is 6. The van der Waals surface area contributed by atoms with Crippen LogP contribution in [0.15, 0.2) is 117 Å². The van der Waals surface area contributed by atoms with Crippen LogP contribution in [0.3, 0.4) is 0 Å². The van der Waals surface area contributed by atoms with Crippen LogP contribution in [0, 0.1) is 0 Å². The zero-order chi connectivity index (χ0) is 48.8. The average molecular weight is 1030 g/mol. The second kappa shape index (κ2) is 20.2. The zero-order valence-electron chi connectivity index (χ0n) is 32.8. The summed E-state index contributed by atoms with van der Waals surface area (Å²) in [6.45, 7) is -0.835. The van der Waals surface area contributed by atoms with Gasteiger partial charge in [-0.3, -0.25) is 23.0 Å². The quantitative estimate of drug-likeness (QED) is 0.0370. The van der Waals surface area contributed by atoms with E-state index in [1.165, 1.54) is 25.2 Å². The van der Waals surface area contributed by atoms with Gasteiger partial charge in [0.1, 0.15) is 38.2 Å². The van der Waals surface area contributed by atoms with Gasteiger partial charge in [0.05, 0.1) is 57.3 Å². The summed E-state index contributed by atoms with van der Waals surface area (Å²) in [6.07, 6.45) is 0. The molecule has 0 bridgehead atoms. The number of hydrogen-bond donors (Lipinski definition) is 7. The van der Waals surface area contributed by atoms with Crippen molar-refractivity contribution in [2.24, 2.45) is 30.7 Å². The average Bonchev–Trinajstić information content (AvgIpc) is 3.17. The summed E-state index contributed by atoms with van der Waals surface area (Å²) >= 11 is 0. The SMILES string of the molecule is CNc1cc(N)c(N=Nc2ccc(S(=O)(=O)CCOS(=O)(=O)O)cc2S(=O)(=O)O)cc1N=Nc1cc(NC(C)=O)c(N=Nc2ccc(S(=O)(=O)CCOS(=O)(=O)O)cc2)cc1S(=O)(=O)O. The van der Waals surface area contributed by atoms with Gasteiger partial charge in [-0.25, -0.2) is 25.2 Å². The number of nitrogens with two attached hydrogens (primary N) is 1. The van der Waals surface area contributed by atoms with Crippen molar-refractivity contribution in [2.75, 3.05) is 48.1 Å². The molecule has 0 heterocycles. The van der Waals surface area contributed by atoms with E-state index in [0.717, 1.165) is 49.4 Å². The zero-order valence-corrected chi connectivity index (χ0v) is 37.7. The first-order valence-corrected chi connectivity index (χ1v) is 26.0. The van der Waals surface area contributed by atoms with Crippen molar-refractivity contribution in [1.29, 1.82) is 0 Å². The first kappa shape index (κ1) is 51.8. The number of rotatable bonds is 20. The Morgan fingerprint density at radius 1 is 0.554 bits per heavy atom. The maximum absolute atomic E-state index is 12.7. The van der Waals surface area contributed by atoms with E-state index in [-0.39, 0.29) is 44.7 Å².